The van der Waals surface area contributed by atoms with Crippen molar-refractivity contribution in [3.8, 4) is 0 Å². The van der Waals surface area contributed by atoms with Crippen molar-refractivity contribution in [2.75, 3.05) is 5.75 Å². The van der Waals surface area contributed by atoms with Crippen LogP contribution in [0.3, 0.4) is 0 Å². The highest BCUT2D eigenvalue weighted by Crippen LogP contribution is 2.27. The molecule has 1 unspecified atom stereocenters. The van der Waals surface area contributed by atoms with Crippen molar-refractivity contribution in [2.45, 2.75) is 56.9 Å². The van der Waals surface area contributed by atoms with Gasteiger partial charge >= 0.3 is 0 Å². The van der Waals surface area contributed by atoms with Gasteiger partial charge in [0.25, 0.3) is 0 Å². The molecular formula is C15H24ClNS. The molecule has 0 spiro atoms. The molecule has 0 heterocycles. The summed E-state index contributed by atoms with van der Waals surface area (Å²) >= 11 is 8.01. The standard InChI is InChI=1S/C15H24ClNS/c1-3-5-6-9-18-15-8-7-13(16)10-12(15)11-14(17)4-2/h7-8,10,14H,3-6,9,11,17H2,1-2H3. The summed E-state index contributed by atoms with van der Waals surface area (Å²) in [5.41, 5.74) is 7.35. The minimum atomic E-state index is 0.235. The lowest BCUT2D eigenvalue weighted by atomic mass is 10.0. The fraction of sp³-hybridized carbons (Fsp3) is 0.600. The van der Waals surface area contributed by atoms with Crippen molar-refractivity contribution < 1.29 is 0 Å². The highest BCUT2D eigenvalue weighted by Gasteiger charge is 2.08. The van der Waals surface area contributed by atoms with Gasteiger partial charge in [-0.25, -0.2) is 0 Å². The molecule has 18 heavy (non-hydrogen) atoms. The van der Waals surface area contributed by atoms with E-state index in [4.69, 9.17) is 17.3 Å². The molecule has 1 aromatic rings. The van der Waals surface area contributed by atoms with Gasteiger partial charge < -0.3 is 5.73 Å². The first-order valence-corrected chi connectivity index (χ1v) is 8.20. The number of hydrogen-bond acceptors (Lipinski definition) is 2. The second-order valence-electron chi connectivity index (χ2n) is 4.68. The van der Waals surface area contributed by atoms with Gasteiger partial charge in [0.15, 0.2) is 0 Å². The van der Waals surface area contributed by atoms with E-state index in [0.29, 0.717) is 0 Å². The van der Waals surface area contributed by atoms with Crippen LogP contribution in [0, 0.1) is 0 Å². The third-order valence-electron chi connectivity index (χ3n) is 3.03. The lowest BCUT2D eigenvalue weighted by Gasteiger charge is -2.13. The maximum atomic E-state index is 6.08. The zero-order valence-electron chi connectivity index (χ0n) is 11.4. The van der Waals surface area contributed by atoms with Gasteiger partial charge in [-0.05, 0) is 48.8 Å². The lowest BCUT2D eigenvalue weighted by Crippen LogP contribution is -2.21. The monoisotopic (exact) mass is 285 g/mol. The Balaban J connectivity index is 2.64. The first-order chi connectivity index (χ1) is 8.67. The number of thioether (sulfide) groups is 1. The molecule has 0 aliphatic rings. The van der Waals surface area contributed by atoms with E-state index in [9.17, 15) is 0 Å². The van der Waals surface area contributed by atoms with Crippen LogP contribution in [0.2, 0.25) is 5.02 Å². The molecule has 0 aliphatic carbocycles. The number of halogens is 1. The van der Waals surface area contributed by atoms with E-state index in [2.05, 4.69) is 26.0 Å². The SMILES string of the molecule is CCCCCSc1ccc(Cl)cc1CC(N)CC. The van der Waals surface area contributed by atoms with E-state index in [1.165, 1.54) is 35.5 Å². The van der Waals surface area contributed by atoms with Crippen molar-refractivity contribution in [3.05, 3.63) is 28.8 Å². The average molecular weight is 286 g/mol. The smallest absolute Gasteiger partial charge is 0.0409 e. The quantitative estimate of drug-likeness (QED) is 0.543. The Morgan fingerprint density at radius 1 is 1.28 bits per heavy atom. The third kappa shape index (κ3) is 5.64. The van der Waals surface area contributed by atoms with Crippen LogP contribution in [0.5, 0.6) is 0 Å². The number of hydrogen-bond donors (Lipinski definition) is 1. The minimum absolute atomic E-state index is 0.235. The molecule has 0 saturated heterocycles. The van der Waals surface area contributed by atoms with Crippen LogP contribution in [0.15, 0.2) is 23.1 Å². The molecule has 0 amide bonds. The van der Waals surface area contributed by atoms with Gasteiger partial charge in [0, 0.05) is 16.0 Å². The van der Waals surface area contributed by atoms with Crippen molar-refractivity contribution in [1.82, 2.24) is 0 Å². The Labute approximate surface area is 120 Å². The summed E-state index contributed by atoms with van der Waals surface area (Å²) in [5, 5.41) is 0.811. The second kappa shape index (κ2) is 8.84. The minimum Gasteiger partial charge on any atom is -0.327 e. The summed E-state index contributed by atoms with van der Waals surface area (Å²) in [6, 6.07) is 6.42. The van der Waals surface area contributed by atoms with Crippen LogP contribution >= 0.6 is 23.4 Å². The Hall–Kier alpha value is -0.180. The maximum absolute atomic E-state index is 6.08. The highest BCUT2D eigenvalue weighted by molar-refractivity contribution is 7.99. The lowest BCUT2D eigenvalue weighted by molar-refractivity contribution is 0.641. The molecule has 0 radical (unpaired) electrons. The molecule has 0 aromatic heterocycles. The van der Waals surface area contributed by atoms with Gasteiger partial charge in [-0.15, -0.1) is 11.8 Å². The van der Waals surface area contributed by atoms with Crippen LogP contribution in [0.1, 0.15) is 45.1 Å². The van der Waals surface area contributed by atoms with Gasteiger partial charge in [0.05, 0.1) is 0 Å². The van der Waals surface area contributed by atoms with E-state index in [0.717, 1.165) is 17.9 Å². The van der Waals surface area contributed by atoms with Crippen molar-refractivity contribution >= 4 is 23.4 Å². The molecule has 1 rings (SSSR count). The van der Waals surface area contributed by atoms with Crippen LogP contribution < -0.4 is 5.73 Å². The summed E-state index contributed by atoms with van der Waals surface area (Å²) in [4.78, 5) is 1.35. The first kappa shape index (κ1) is 15.9. The van der Waals surface area contributed by atoms with E-state index in [-0.39, 0.29) is 6.04 Å². The van der Waals surface area contributed by atoms with Crippen molar-refractivity contribution in [1.29, 1.82) is 0 Å². The summed E-state index contributed by atoms with van der Waals surface area (Å²) in [6.45, 7) is 4.36. The average Bonchev–Trinajstić information content (AvgIpc) is 2.36. The summed E-state index contributed by atoms with van der Waals surface area (Å²) in [5.74, 6) is 1.18. The number of nitrogens with two attached hydrogens (primary N) is 1. The van der Waals surface area contributed by atoms with Crippen LogP contribution in [-0.2, 0) is 6.42 Å². The number of rotatable bonds is 8. The molecule has 1 atom stereocenters. The zero-order chi connectivity index (χ0) is 13.4. The molecule has 1 aromatic carbocycles. The van der Waals surface area contributed by atoms with Gasteiger partial charge in [0.1, 0.15) is 0 Å². The van der Waals surface area contributed by atoms with Gasteiger partial charge in [-0.2, -0.15) is 0 Å². The van der Waals surface area contributed by atoms with Crippen LogP contribution in [0.4, 0.5) is 0 Å². The predicted octanol–water partition coefficient (Wildman–Crippen LogP) is 4.90. The van der Waals surface area contributed by atoms with Crippen LogP contribution in [0.25, 0.3) is 0 Å². The second-order valence-corrected chi connectivity index (χ2v) is 6.25. The summed E-state index contributed by atoms with van der Waals surface area (Å²) < 4.78 is 0. The molecule has 1 nitrogen and oxygen atoms in total. The number of unbranched alkanes of at least 4 members (excludes halogenated alkanes) is 2. The van der Waals surface area contributed by atoms with Gasteiger partial charge in [-0.1, -0.05) is 38.3 Å². The fourth-order valence-electron chi connectivity index (χ4n) is 1.81. The zero-order valence-corrected chi connectivity index (χ0v) is 13.0. The Morgan fingerprint density at radius 3 is 2.72 bits per heavy atom. The van der Waals surface area contributed by atoms with Gasteiger partial charge in [0.2, 0.25) is 0 Å². The normalized spacial score (nSPS) is 12.7. The molecule has 3 heteroatoms. The molecular weight excluding hydrogens is 262 g/mol. The Kier molecular flexibility index (Phi) is 7.80. The Morgan fingerprint density at radius 2 is 2.06 bits per heavy atom. The topological polar surface area (TPSA) is 26.0 Å². The highest BCUT2D eigenvalue weighted by atomic mass is 35.5. The molecule has 0 saturated carbocycles. The van der Waals surface area contributed by atoms with E-state index >= 15 is 0 Å². The van der Waals surface area contributed by atoms with E-state index in [1.54, 1.807) is 0 Å². The fourth-order valence-corrected chi connectivity index (χ4v) is 3.06. The maximum Gasteiger partial charge on any atom is 0.0409 e. The summed E-state index contributed by atoms with van der Waals surface area (Å²) in [7, 11) is 0. The van der Waals surface area contributed by atoms with E-state index < -0.39 is 0 Å². The molecule has 2 N–H and O–H groups in total. The molecule has 102 valence electrons. The summed E-state index contributed by atoms with van der Waals surface area (Å²) in [6.07, 6.45) is 5.79. The van der Waals surface area contributed by atoms with Gasteiger partial charge in [-0.3, -0.25) is 0 Å². The largest absolute Gasteiger partial charge is 0.327 e. The number of benzene rings is 1. The predicted molar refractivity (Wildman–Crippen MR) is 83.7 cm³/mol. The Bertz CT molecular complexity index is 354. The molecule has 0 fully saturated rings. The van der Waals surface area contributed by atoms with Crippen molar-refractivity contribution in [2.24, 2.45) is 5.73 Å². The van der Waals surface area contributed by atoms with Crippen LogP contribution in [-0.4, -0.2) is 11.8 Å². The van der Waals surface area contributed by atoms with E-state index in [1.807, 2.05) is 17.8 Å². The first-order valence-electron chi connectivity index (χ1n) is 6.84. The molecule has 0 aliphatic heterocycles. The molecule has 0 bridgehead atoms. The van der Waals surface area contributed by atoms with Crippen molar-refractivity contribution in [3.63, 3.8) is 0 Å². The third-order valence-corrected chi connectivity index (χ3v) is 4.47.